The van der Waals surface area contributed by atoms with Gasteiger partial charge in [0.2, 0.25) is 0 Å². The normalized spacial score (nSPS) is 20.3. The van der Waals surface area contributed by atoms with Crippen LogP contribution in [0.3, 0.4) is 0 Å². The number of carbonyl (C=O) groups is 1. The van der Waals surface area contributed by atoms with Crippen LogP contribution in [0.1, 0.15) is 63.5 Å². The van der Waals surface area contributed by atoms with E-state index < -0.39 is 0 Å². The third-order valence-corrected chi connectivity index (χ3v) is 4.53. The van der Waals surface area contributed by atoms with Gasteiger partial charge in [-0.2, -0.15) is 0 Å². The van der Waals surface area contributed by atoms with E-state index in [0.717, 1.165) is 12.8 Å². The average molecular weight is 273 g/mol. The van der Waals surface area contributed by atoms with E-state index in [1.54, 1.807) is 0 Å². The number of nitrogens with two attached hydrogens (primary N) is 1. The maximum Gasteiger partial charge on any atom is 0.135 e. The number of Topliss-reactive ketones (excluding diaryl/α,β-unsaturated/α-hetero) is 1. The molecular formula is C18H27NO. The van der Waals surface area contributed by atoms with Crippen LogP contribution in [0.25, 0.3) is 0 Å². The Kier molecular flexibility index (Phi) is 4.64. The summed E-state index contributed by atoms with van der Waals surface area (Å²) in [5.74, 6) is 0.716. The predicted octanol–water partition coefficient (Wildman–Crippen LogP) is 3.83. The van der Waals surface area contributed by atoms with Gasteiger partial charge >= 0.3 is 0 Å². The molecule has 0 heterocycles. The molecule has 1 aliphatic rings. The van der Waals surface area contributed by atoms with Gasteiger partial charge in [-0.05, 0) is 41.7 Å². The van der Waals surface area contributed by atoms with Crippen molar-refractivity contribution in [2.75, 3.05) is 0 Å². The Labute approximate surface area is 122 Å². The molecule has 110 valence electrons. The maximum atomic E-state index is 12.3. The Morgan fingerprint density at radius 2 is 2.05 bits per heavy atom. The standard InChI is InChI=1S/C18H27NO/c1-18(2,3)17(19)12-15(20)11-14-9-6-8-13-7-4-5-10-16(13)14/h4-5,7,10,14,17H,6,8-9,11-12,19H2,1-3H3. The van der Waals surface area contributed by atoms with Gasteiger partial charge in [0.25, 0.3) is 0 Å². The monoisotopic (exact) mass is 273 g/mol. The second-order valence-corrected chi connectivity index (χ2v) is 7.21. The third-order valence-electron chi connectivity index (χ3n) is 4.53. The maximum absolute atomic E-state index is 12.3. The zero-order chi connectivity index (χ0) is 14.8. The lowest BCUT2D eigenvalue weighted by atomic mass is 9.78. The Balaban J connectivity index is 1.99. The number of hydrogen-bond donors (Lipinski definition) is 1. The minimum Gasteiger partial charge on any atom is -0.327 e. The summed E-state index contributed by atoms with van der Waals surface area (Å²) in [4.78, 5) is 12.3. The summed E-state index contributed by atoms with van der Waals surface area (Å²) >= 11 is 0. The largest absolute Gasteiger partial charge is 0.327 e. The lowest BCUT2D eigenvalue weighted by Gasteiger charge is -2.28. The third kappa shape index (κ3) is 3.69. The minimum atomic E-state index is -0.0474. The molecule has 2 unspecified atom stereocenters. The van der Waals surface area contributed by atoms with Crippen LogP contribution in [0.5, 0.6) is 0 Å². The van der Waals surface area contributed by atoms with Gasteiger partial charge in [0.1, 0.15) is 5.78 Å². The first-order chi connectivity index (χ1) is 9.38. The van der Waals surface area contributed by atoms with Crippen molar-refractivity contribution in [1.82, 2.24) is 0 Å². The molecule has 2 N–H and O–H groups in total. The molecule has 0 aromatic heterocycles. The number of rotatable bonds is 4. The first kappa shape index (κ1) is 15.2. The Morgan fingerprint density at radius 1 is 1.35 bits per heavy atom. The van der Waals surface area contributed by atoms with E-state index in [4.69, 9.17) is 5.73 Å². The topological polar surface area (TPSA) is 43.1 Å². The Hall–Kier alpha value is -1.15. The molecule has 0 amide bonds. The van der Waals surface area contributed by atoms with E-state index in [0.29, 0.717) is 24.5 Å². The average Bonchev–Trinajstić information content (AvgIpc) is 2.38. The van der Waals surface area contributed by atoms with Crippen molar-refractivity contribution < 1.29 is 4.79 Å². The van der Waals surface area contributed by atoms with Crippen molar-refractivity contribution >= 4 is 5.78 Å². The quantitative estimate of drug-likeness (QED) is 0.906. The van der Waals surface area contributed by atoms with E-state index in [-0.39, 0.29) is 11.5 Å². The number of fused-ring (bicyclic) bond motifs is 1. The van der Waals surface area contributed by atoms with Gasteiger partial charge < -0.3 is 5.73 Å². The van der Waals surface area contributed by atoms with E-state index in [2.05, 4.69) is 45.0 Å². The molecular weight excluding hydrogens is 246 g/mol. The van der Waals surface area contributed by atoms with Crippen LogP contribution in [0.2, 0.25) is 0 Å². The van der Waals surface area contributed by atoms with Crippen LogP contribution in [0, 0.1) is 5.41 Å². The van der Waals surface area contributed by atoms with Crippen molar-refractivity contribution in [2.24, 2.45) is 11.1 Å². The molecule has 2 atom stereocenters. The summed E-state index contributed by atoms with van der Waals surface area (Å²) in [6.07, 6.45) is 4.64. The highest BCUT2D eigenvalue weighted by molar-refractivity contribution is 5.80. The van der Waals surface area contributed by atoms with Gasteiger partial charge in [0.05, 0.1) is 0 Å². The summed E-state index contributed by atoms with van der Waals surface area (Å²) in [5, 5.41) is 0. The van der Waals surface area contributed by atoms with Gasteiger partial charge in [-0.25, -0.2) is 0 Å². The molecule has 0 bridgehead atoms. The van der Waals surface area contributed by atoms with Crippen LogP contribution >= 0.6 is 0 Å². The van der Waals surface area contributed by atoms with E-state index in [1.807, 2.05) is 0 Å². The van der Waals surface area contributed by atoms with Crippen molar-refractivity contribution in [3.05, 3.63) is 35.4 Å². The number of aryl methyl sites for hydroxylation is 1. The van der Waals surface area contributed by atoms with E-state index >= 15 is 0 Å². The number of carbonyl (C=O) groups excluding carboxylic acids is 1. The fourth-order valence-electron chi connectivity index (χ4n) is 2.98. The van der Waals surface area contributed by atoms with Gasteiger partial charge in [-0.3, -0.25) is 4.79 Å². The molecule has 0 fully saturated rings. The molecule has 2 nitrogen and oxygen atoms in total. The molecule has 20 heavy (non-hydrogen) atoms. The van der Waals surface area contributed by atoms with Crippen LogP contribution in [0.4, 0.5) is 0 Å². The van der Waals surface area contributed by atoms with Gasteiger partial charge in [0, 0.05) is 18.9 Å². The van der Waals surface area contributed by atoms with Gasteiger partial charge in [-0.15, -0.1) is 0 Å². The molecule has 0 radical (unpaired) electrons. The summed E-state index contributed by atoms with van der Waals surface area (Å²) in [6.45, 7) is 6.29. The first-order valence-corrected chi connectivity index (χ1v) is 7.73. The van der Waals surface area contributed by atoms with Gasteiger partial charge in [0.15, 0.2) is 0 Å². The first-order valence-electron chi connectivity index (χ1n) is 7.73. The Bertz CT molecular complexity index is 473. The molecule has 2 rings (SSSR count). The number of ketones is 1. The molecule has 1 aliphatic carbocycles. The number of benzene rings is 1. The van der Waals surface area contributed by atoms with Crippen molar-refractivity contribution in [3.8, 4) is 0 Å². The lowest BCUT2D eigenvalue weighted by molar-refractivity contribution is -0.120. The molecule has 0 spiro atoms. The van der Waals surface area contributed by atoms with Gasteiger partial charge in [-0.1, -0.05) is 45.0 Å². The molecule has 0 saturated carbocycles. The van der Waals surface area contributed by atoms with Crippen molar-refractivity contribution in [1.29, 1.82) is 0 Å². The molecule has 0 aliphatic heterocycles. The predicted molar refractivity (Wildman–Crippen MR) is 83.8 cm³/mol. The lowest BCUT2D eigenvalue weighted by Crippen LogP contribution is -2.37. The van der Waals surface area contributed by atoms with Crippen molar-refractivity contribution in [2.45, 2.75) is 64.8 Å². The molecule has 1 aromatic carbocycles. The van der Waals surface area contributed by atoms with Crippen LogP contribution in [-0.2, 0) is 11.2 Å². The highest BCUT2D eigenvalue weighted by atomic mass is 16.1. The fourth-order valence-corrected chi connectivity index (χ4v) is 2.98. The smallest absolute Gasteiger partial charge is 0.135 e. The highest BCUT2D eigenvalue weighted by Crippen LogP contribution is 2.34. The second-order valence-electron chi connectivity index (χ2n) is 7.21. The zero-order valence-electron chi connectivity index (χ0n) is 13.0. The zero-order valence-corrected chi connectivity index (χ0v) is 13.0. The SMILES string of the molecule is CC(C)(C)C(N)CC(=O)CC1CCCc2ccccc21. The molecule has 2 heteroatoms. The van der Waals surface area contributed by atoms with Crippen molar-refractivity contribution in [3.63, 3.8) is 0 Å². The van der Waals surface area contributed by atoms with E-state index in [1.165, 1.54) is 17.5 Å². The highest BCUT2D eigenvalue weighted by Gasteiger charge is 2.26. The summed E-state index contributed by atoms with van der Waals surface area (Å²) < 4.78 is 0. The molecule has 1 aromatic rings. The Morgan fingerprint density at radius 3 is 2.75 bits per heavy atom. The van der Waals surface area contributed by atoms with Crippen LogP contribution in [-0.4, -0.2) is 11.8 Å². The fraction of sp³-hybridized carbons (Fsp3) is 0.611. The summed E-state index contributed by atoms with van der Waals surface area (Å²) in [5.41, 5.74) is 8.94. The molecule has 0 saturated heterocycles. The number of hydrogen-bond acceptors (Lipinski definition) is 2. The van der Waals surface area contributed by atoms with E-state index in [9.17, 15) is 4.79 Å². The van der Waals surface area contributed by atoms with Crippen LogP contribution in [0.15, 0.2) is 24.3 Å². The summed E-state index contributed by atoms with van der Waals surface area (Å²) in [6, 6.07) is 8.53. The summed E-state index contributed by atoms with van der Waals surface area (Å²) in [7, 11) is 0. The minimum absolute atomic E-state index is 0.000131. The van der Waals surface area contributed by atoms with Crippen LogP contribution < -0.4 is 5.73 Å². The second kappa shape index (κ2) is 6.09.